The second-order valence-electron chi connectivity index (χ2n) is 4.97. The molecule has 24 heavy (non-hydrogen) atoms. The number of aliphatic carboxylic acids is 1. The van der Waals surface area contributed by atoms with E-state index in [1.807, 2.05) is 0 Å². The number of hydrogen-bond donors (Lipinski definition) is 4. The lowest BCUT2D eigenvalue weighted by atomic mass is 10.0. The number of nitrogens with one attached hydrogen (secondary N) is 2. The molecule has 2 aromatic rings. The summed E-state index contributed by atoms with van der Waals surface area (Å²) in [4.78, 5) is 39.8. The molecule has 1 aromatic carbocycles. The number of benzene rings is 1. The van der Waals surface area contributed by atoms with E-state index < -0.39 is 29.7 Å². The molecule has 8 nitrogen and oxygen atoms in total. The second kappa shape index (κ2) is 7.71. The SMILES string of the molecule is O=C(NC(Cc1ccccc1Cl)C(O)C(=O)O)c1cnc(=O)[nH]c1. The number of aromatic amines is 1. The number of carboxylic acid groups (broad SMARTS) is 1. The van der Waals surface area contributed by atoms with Crippen LogP contribution >= 0.6 is 11.6 Å². The van der Waals surface area contributed by atoms with Crippen molar-refractivity contribution in [3.8, 4) is 0 Å². The van der Waals surface area contributed by atoms with Gasteiger partial charge in [-0.15, -0.1) is 0 Å². The van der Waals surface area contributed by atoms with Gasteiger partial charge in [-0.25, -0.2) is 14.6 Å². The smallest absolute Gasteiger partial charge is 0.344 e. The number of aliphatic hydroxyl groups is 1. The van der Waals surface area contributed by atoms with E-state index in [9.17, 15) is 19.5 Å². The Morgan fingerprint density at radius 3 is 2.62 bits per heavy atom. The van der Waals surface area contributed by atoms with Crippen molar-refractivity contribution in [2.24, 2.45) is 0 Å². The summed E-state index contributed by atoms with van der Waals surface area (Å²) < 4.78 is 0. The van der Waals surface area contributed by atoms with Gasteiger partial charge in [0.15, 0.2) is 6.10 Å². The lowest BCUT2D eigenvalue weighted by molar-refractivity contribution is -0.148. The predicted molar refractivity (Wildman–Crippen MR) is 84.9 cm³/mol. The first-order valence-corrected chi connectivity index (χ1v) is 7.26. The summed E-state index contributed by atoms with van der Waals surface area (Å²) >= 11 is 6.03. The van der Waals surface area contributed by atoms with Gasteiger partial charge < -0.3 is 20.5 Å². The van der Waals surface area contributed by atoms with Crippen LogP contribution in [0.5, 0.6) is 0 Å². The molecule has 1 heterocycles. The highest BCUT2D eigenvalue weighted by atomic mass is 35.5. The molecule has 2 unspecified atom stereocenters. The highest BCUT2D eigenvalue weighted by Crippen LogP contribution is 2.18. The molecule has 2 atom stereocenters. The van der Waals surface area contributed by atoms with E-state index in [2.05, 4.69) is 15.3 Å². The number of aliphatic hydroxyl groups excluding tert-OH is 1. The summed E-state index contributed by atoms with van der Waals surface area (Å²) in [6.07, 6.45) is 0.370. The number of rotatable bonds is 6. The van der Waals surface area contributed by atoms with Crippen LogP contribution in [0.2, 0.25) is 5.02 Å². The lowest BCUT2D eigenvalue weighted by Crippen LogP contribution is -2.48. The summed E-state index contributed by atoms with van der Waals surface area (Å²) in [5.74, 6) is -2.16. The van der Waals surface area contributed by atoms with Gasteiger partial charge >= 0.3 is 11.7 Å². The average molecular weight is 352 g/mol. The zero-order valence-corrected chi connectivity index (χ0v) is 13.0. The van der Waals surface area contributed by atoms with Crippen molar-refractivity contribution in [1.29, 1.82) is 0 Å². The minimum Gasteiger partial charge on any atom is -0.479 e. The second-order valence-corrected chi connectivity index (χ2v) is 5.37. The average Bonchev–Trinajstić information content (AvgIpc) is 2.56. The van der Waals surface area contributed by atoms with Crippen LogP contribution in [0.3, 0.4) is 0 Å². The molecule has 0 aliphatic rings. The molecule has 1 aromatic heterocycles. The topological polar surface area (TPSA) is 132 Å². The molecule has 0 aliphatic heterocycles. The lowest BCUT2D eigenvalue weighted by Gasteiger charge is -2.22. The van der Waals surface area contributed by atoms with Gasteiger partial charge in [0, 0.05) is 17.4 Å². The summed E-state index contributed by atoms with van der Waals surface area (Å²) in [5, 5.41) is 21.7. The number of aromatic nitrogens is 2. The van der Waals surface area contributed by atoms with Crippen LogP contribution in [-0.2, 0) is 11.2 Å². The molecule has 0 radical (unpaired) electrons. The van der Waals surface area contributed by atoms with E-state index in [-0.39, 0.29) is 12.0 Å². The number of hydrogen-bond acceptors (Lipinski definition) is 5. The largest absolute Gasteiger partial charge is 0.479 e. The van der Waals surface area contributed by atoms with Crippen molar-refractivity contribution >= 4 is 23.5 Å². The molecular formula is C15H14ClN3O5. The Labute approximate surface area is 141 Å². The van der Waals surface area contributed by atoms with Crippen molar-refractivity contribution < 1.29 is 19.8 Å². The van der Waals surface area contributed by atoms with E-state index in [1.54, 1.807) is 24.3 Å². The van der Waals surface area contributed by atoms with Crippen molar-refractivity contribution in [2.45, 2.75) is 18.6 Å². The van der Waals surface area contributed by atoms with Gasteiger partial charge in [0.25, 0.3) is 5.91 Å². The Balaban J connectivity index is 2.21. The van der Waals surface area contributed by atoms with E-state index in [0.717, 1.165) is 12.4 Å². The molecular weight excluding hydrogens is 338 g/mol. The van der Waals surface area contributed by atoms with E-state index >= 15 is 0 Å². The molecule has 9 heteroatoms. The number of halogens is 1. The summed E-state index contributed by atoms with van der Waals surface area (Å²) in [6, 6.07) is 5.58. The molecule has 4 N–H and O–H groups in total. The van der Waals surface area contributed by atoms with Gasteiger partial charge in [0.05, 0.1) is 11.6 Å². The highest BCUT2D eigenvalue weighted by Gasteiger charge is 2.28. The highest BCUT2D eigenvalue weighted by molar-refractivity contribution is 6.31. The van der Waals surface area contributed by atoms with Crippen LogP contribution in [0.1, 0.15) is 15.9 Å². The zero-order chi connectivity index (χ0) is 17.7. The number of amides is 1. The maximum Gasteiger partial charge on any atom is 0.344 e. The Bertz CT molecular complexity index is 787. The van der Waals surface area contributed by atoms with Gasteiger partial charge in [-0.05, 0) is 18.1 Å². The van der Waals surface area contributed by atoms with Crippen molar-refractivity contribution in [1.82, 2.24) is 15.3 Å². The van der Waals surface area contributed by atoms with Crippen LogP contribution in [0, 0.1) is 0 Å². The van der Waals surface area contributed by atoms with Crippen molar-refractivity contribution in [2.75, 3.05) is 0 Å². The first-order chi connectivity index (χ1) is 11.4. The molecule has 2 rings (SSSR count). The number of H-pyrrole nitrogens is 1. The zero-order valence-electron chi connectivity index (χ0n) is 12.3. The third kappa shape index (κ3) is 4.40. The molecule has 0 saturated carbocycles. The maximum atomic E-state index is 12.2. The van der Waals surface area contributed by atoms with E-state index in [4.69, 9.17) is 16.7 Å². The fraction of sp³-hybridized carbons (Fsp3) is 0.200. The third-order valence-corrected chi connectivity index (χ3v) is 3.65. The van der Waals surface area contributed by atoms with Gasteiger partial charge in [-0.2, -0.15) is 0 Å². The predicted octanol–water partition coefficient (Wildman–Crippen LogP) is 0.210. The third-order valence-electron chi connectivity index (χ3n) is 3.28. The fourth-order valence-corrected chi connectivity index (χ4v) is 2.25. The number of carbonyl (C=O) groups excluding carboxylic acids is 1. The monoisotopic (exact) mass is 351 g/mol. The van der Waals surface area contributed by atoms with Crippen molar-refractivity contribution in [3.63, 3.8) is 0 Å². The molecule has 0 saturated heterocycles. The molecule has 0 fully saturated rings. The molecule has 0 aliphatic carbocycles. The van der Waals surface area contributed by atoms with Gasteiger partial charge in [-0.1, -0.05) is 29.8 Å². The Morgan fingerprint density at radius 1 is 1.33 bits per heavy atom. The summed E-state index contributed by atoms with van der Waals surface area (Å²) in [6.45, 7) is 0. The Kier molecular flexibility index (Phi) is 5.67. The van der Waals surface area contributed by atoms with Crippen molar-refractivity contribution in [3.05, 3.63) is 63.3 Å². The van der Waals surface area contributed by atoms with Crippen LogP contribution in [0.25, 0.3) is 0 Å². The number of carboxylic acids is 1. The summed E-state index contributed by atoms with van der Waals surface area (Å²) in [7, 11) is 0. The molecule has 126 valence electrons. The molecule has 0 bridgehead atoms. The van der Waals surface area contributed by atoms with Crippen LogP contribution in [-0.4, -0.2) is 44.2 Å². The summed E-state index contributed by atoms with van der Waals surface area (Å²) in [5.41, 5.74) is -0.0227. The minimum atomic E-state index is -1.83. The normalized spacial score (nSPS) is 13.1. The number of nitrogens with zero attached hydrogens (tertiary/aromatic N) is 1. The van der Waals surface area contributed by atoms with Gasteiger partial charge in [-0.3, -0.25) is 4.79 Å². The van der Waals surface area contributed by atoms with Crippen LogP contribution in [0.4, 0.5) is 0 Å². The first-order valence-electron chi connectivity index (χ1n) is 6.88. The van der Waals surface area contributed by atoms with Gasteiger partial charge in [0.2, 0.25) is 0 Å². The van der Waals surface area contributed by atoms with Gasteiger partial charge in [0.1, 0.15) is 0 Å². The fourth-order valence-electron chi connectivity index (χ4n) is 2.03. The minimum absolute atomic E-state index is 0.00959. The van der Waals surface area contributed by atoms with E-state index in [1.165, 1.54) is 0 Å². The molecule has 1 amide bonds. The number of carbonyl (C=O) groups is 2. The quantitative estimate of drug-likeness (QED) is 0.588. The van der Waals surface area contributed by atoms with Crippen LogP contribution in [0.15, 0.2) is 41.5 Å². The first kappa shape index (κ1) is 17.6. The standard InChI is InChI=1S/C15H14ClN3O5/c16-10-4-2-1-3-8(10)5-11(12(20)14(22)23)19-13(21)9-6-17-15(24)18-7-9/h1-4,6-7,11-12,20H,5H2,(H,19,21)(H,22,23)(H,17,18,24). The Morgan fingerprint density at radius 2 is 2.04 bits per heavy atom. The van der Waals surface area contributed by atoms with Crippen LogP contribution < -0.4 is 11.0 Å². The molecule has 0 spiro atoms. The Hall–Kier alpha value is -2.71. The van der Waals surface area contributed by atoms with E-state index in [0.29, 0.717) is 10.6 Å². The maximum absolute atomic E-state index is 12.2.